The van der Waals surface area contributed by atoms with Crippen LogP contribution in [0.3, 0.4) is 0 Å². The molecule has 40 heavy (non-hydrogen) atoms. The minimum atomic E-state index is -3.19. The number of piperidine rings is 1. The molecule has 0 atom stereocenters. The molecule has 0 amide bonds. The molecule has 2 aromatic heterocycles. The molecule has 0 bridgehead atoms. The van der Waals surface area contributed by atoms with Gasteiger partial charge in [-0.3, -0.25) is 0 Å². The standard InChI is InChI=1S/C28H36N8O3S/c1-19-13-20(15-30-23-4-6-25(37)7-5-23)3-8-26(19)36-18-22(17-32-36)27-21(14-29)16-31-28(34-27)33-24-9-11-35(12-10-24)40(2,38)39/h3,8,13,16-18,23-25,30,37H,4-7,9-12,15H2,1-2H3,(H,31,33,34). The Balaban J connectivity index is 1.27. The van der Waals surface area contributed by atoms with Crippen LogP contribution in [0.15, 0.2) is 36.8 Å². The number of hydrogen-bond donors (Lipinski definition) is 3. The Labute approximate surface area is 235 Å². The molecule has 12 heteroatoms. The molecular formula is C28H36N8O3S. The van der Waals surface area contributed by atoms with E-state index in [1.165, 1.54) is 22.3 Å². The third-order valence-electron chi connectivity index (χ3n) is 7.82. The predicted molar refractivity (Wildman–Crippen MR) is 152 cm³/mol. The summed E-state index contributed by atoms with van der Waals surface area (Å²) < 4.78 is 26.9. The zero-order valence-electron chi connectivity index (χ0n) is 22.9. The lowest BCUT2D eigenvalue weighted by Crippen LogP contribution is -2.42. The van der Waals surface area contributed by atoms with Gasteiger partial charge >= 0.3 is 0 Å². The van der Waals surface area contributed by atoms with Crippen LogP contribution in [-0.4, -0.2) is 75.1 Å². The molecule has 0 spiro atoms. The van der Waals surface area contributed by atoms with Gasteiger partial charge in [-0.05, 0) is 62.6 Å². The Morgan fingerprint density at radius 2 is 1.85 bits per heavy atom. The van der Waals surface area contributed by atoms with Gasteiger partial charge in [0.1, 0.15) is 6.07 Å². The Hall–Kier alpha value is -3.37. The monoisotopic (exact) mass is 564 g/mol. The van der Waals surface area contributed by atoms with Gasteiger partial charge in [0.15, 0.2) is 0 Å². The topological polar surface area (TPSA) is 149 Å². The van der Waals surface area contributed by atoms with Crippen LogP contribution in [0.1, 0.15) is 55.2 Å². The summed E-state index contributed by atoms with van der Waals surface area (Å²) in [6, 6.07) is 8.96. The third kappa shape index (κ3) is 6.67. The van der Waals surface area contributed by atoms with E-state index in [2.05, 4.69) is 56.9 Å². The minimum absolute atomic E-state index is 0.0434. The molecule has 1 aliphatic heterocycles. The number of aliphatic hydroxyl groups is 1. The number of benzene rings is 1. The summed E-state index contributed by atoms with van der Waals surface area (Å²) in [5, 5.41) is 30.9. The van der Waals surface area contributed by atoms with Gasteiger partial charge in [-0.15, -0.1) is 0 Å². The average Bonchev–Trinajstić information content (AvgIpc) is 3.42. The number of rotatable bonds is 8. The van der Waals surface area contributed by atoms with Gasteiger partial charge in [0.25, 0.3) is 0 Å². The highest BCUT2D eigenvalue weighted by molar-refractivity contribution is 7.88. The van der Waals surface area contributed by atoms with Crippen LogP contribution < -0.4 is 10.6 Å². The minimum Gasteiger partial charge on any atom is -0.393 e. The zero-order chi connectivity index (χ0) is 28.3. The van der Waals surface area contributed by atoms with Crippen LogP contribution >= 0.6 is 0 Å². The van der Waals surface area contributed by atoms with Gasteiger partial charge in [-0.25, -0.2) is 27.4 Å². The van der Waals surface area contributed by atoms with Crippen molar-refractivity contribution < 1.29 is 13.5 Å². The molecule has 5 rings (SSSR count). The van der Waals surface area contributed by atoms with Gasteiger partial charge < -0.3 is 15.7 Å². The van der Waals surface area contributed by atoms with Crippen molar-refractivity contribution >= 4 is 16.0 Å². The quantitative estimate of drug-likeness (QED) is 0.375. The van der Waals surface area contributed by atoms with E-state index in [0.717, 1.165) is 43.5 Å². The van der Waals surface area contributed by atoms with Gasteiger partial charge in [0.05, 0.1) is 41.7 Å². The third-order valence-corrected chi connectivity index (χ3v) is 9.12. The van der Waals surface area contributed by atoms with Gasteiger partial charge in [-0.2, -0.15) is 10.4 Å². The number of sulfonamides is 1. The second-order valence-corrected chi connectivity index (χ2v) is 12.8. The number of nitrogens with zero attached hydrogens (tertiary/aromatic N) is 6. The first-order chi connectivity index (χ1) is 19.2. The smallest absolute Gasteiger partial charge is 0.223 e. The summed E-state index contributed by atoms with van der Waals surface area (Å²) in [6.45, 7) is 3.73. The lowest BCUT2D eigenvalue weighted by Gasteiger charge is -2.30. The van der Waals surface area contributed by atoms with Crippen LogP contribution in [0.25, 0.3) is 16.9 Å². The molecule has 3 aromatic rings. The Bertz CT molecular complexity index is 1480. The van der Waals surface area contributed by atoms with Gasteiger partial charge in [-0.1, -0.05) is 12.1 Å². The second-order valence-electron chi connectivity index (χ2n) is 10.8. The maximum absolute atomic E-state index is 11.8. The molecular weight excluding hydrogens is 528 g/mol. The SMILES string of the molecule is Cc1cc(CNC2CCC(O)CC2)ccc1-n1cc(-c2nc(NC3CCN(S(C)(=O)=O)CC3)ncc2C#N)cn1. The summed E-state index contributed by atoms with van der Waals surface area (Å²) in [7, 11) is -3.19. The van der Waals surface area contributed by atoms with Crippen molar-refractivity contribution in [2.45, 2.75) is 70.2 Å². The van der Waals surface area contributed by atoms with Crippen LogP contribution in [0, 0.1) is 18.3 Å². The second kappa shape index (κ2) is 12.0. The molecule has 1 aromatic carbocycles. The van der Waals surface area contributed by atoms with Crippen molar-refractivity contribution in [3.05, 3.63) is 53.5 Å². The van der Waals surface area contributed by atoms with Crippen LogP contribution in [0.2, 0.25) is 0 Å². The van der Waals surface area contributed by atoms with E-state index in [1.54, 1.807) is 10.9 Å². The van der Waals surface area contributed by atoms with Gasteiger partial charge in [0.2, 0.25) is 16.0 Å². The van der Waals surface area contributed by atoms with E-state index in [4.69, 9.17) is 0 Å². The first-order valence-electron chi connectivity index (χ1n) is 13.7. The number of aryl methyl sites for hydroxylation is 1. The maximum atomic E-state index is 11.8. The molecule has 11 nitrogen and oxygen atoms in total. The molecule has 3 N–H and O–H groups in total. The summed E-state index contributed by atoms with van der Waals surface area (Å²) in [5.41, 5.74) is 4.78. The predicted octanol–water partition coefficient (Wildman–Crippen LogP) is 2.74. The first-order valence-corrected chi connectivity index (χ1v) is 15.6. The summed E-state index contributed by atoms with van der Waals surface area (Å²) in [4.78, 5) is 8.96. The van der Waals surface area contributed by atoms with Crippen LogP contribution in [-0.2, 0) is 16.6 Å². The molecule has 1 saturated heterocycles. The van der Waals surface area contributed by atoms with Crippen molar-refractivity contribution in [3.63, 3.8) is 0 Å². The van der Waals surface area contributed by atoms with E-state index >= 15 is 0 Å². The number of nitrogens with one attached hydrogen (secondary N) is 2. The Kier molecular flexibility index (Phi) is 8.46. The van der Waals surface area contributed by atoms with E-state index in [0.29, 0.717) is 54.7 Å². The average molecular weight is 565 g/mol. The Morgan fingerprint density at radius 1 is 1.10 bits per heavy atom. The molecule has 212 valence electrons. The molecule has 1 saturated carbocycles. The molecule has 2 fully saturated rings. The molecule has 0 radical (unpaired) electrons. The highest BCUT2D eigenvalue weighted by atomic mass is 32.2. The van der Waals surface area contributed by atoms with Crippen LogP contribution in [0.4, 0.5) is 5.95 Å². The largest absolute Gasteiger partial charge is 0.393 e. The fourth-order valence-electron chi connectivity index (χ4n) is 5.47. The Morgan fingerprint density at radius 3 is 2.52 bits per heavy atom. The van der Waals surface area contributed by atoms with Crippen molar-refractivity contribution in [1.82, 2.24) is 29.4 Å². The summed E-state index contributed by atoms with van der Waals surface area (Å²) in [5.74, 6) is 0.403. The van der Waals surface area contributed by atoms with Crippen molar-refractivity contribution in [2.24, 2.45) is 0 Å². The number of anilines is 1. The summed E-state index contributed by atoms with van der Waals surface area (Å²) in [6.07, 6.45) is 11.2. The molecule has 0 unspecified atom stereocenters. The van der Waals surface area contributed by atoms with E-state index in [1.807, 2.05) is 6.20 Å². The van der Waals surface area contributed by atoms with E-state index < -0.39 is 10.0 Å². The normalized spacial score (nSPS) is 20.8. The van der Waals surface area contributed by atoms with E-state index in [9.17, 15) is 18.8 Å². The lowest BCUT2D eigenvalue weighted by molar-refractivity contribution is 0.116. The zero-order valence-corrected chi connectivity index (χ0v) is 23.7. The fourth-order valence-corrected chi connectivity index (χ4v) is 6.35. The molecule has 3 heterocycles. The van der Waals surface area contributed by atoms with Crippen molar-refractivity contribution in [1.29, 1.82) is 5.26 Å². The van der Waals surface area contributed by atoms with E-state index in [-0.39, 0.29) is 12.1 Å². The molecule has 1 aliphatic carbocycles. The maximum Gasteiger partial charge on any atom is 0.223 e. The lowest BCUT2D eigenvalue weighted by atomic mass is 9.93. The highest BCUT2D eigenvalue weighted by Gasteiger charge is 2.25. The van der Waals surface area contributed by atoms with Crippen LogP contribution in [0.5, 0.6) is 0 Å². The molecule has 2 aliphatic rings. The number of nitriles is 1. The summed E-state index contributed by atoms with van der Waals surface area (Å²) >= 11 is 0. The first kappa shape index (κ1) is 28.2. The van der Waals surface area contributed by atoms with Crippen molar-refractivity contribution in [2.75, 3.05) is 24.7 Å². The number of hydrogen-bond acceptors (Lipinski definition) is 9. The fraction of sp³-hybridized carbons (Fsp3) is 0.500. The van der Waals surface area contributed by atoms with Crippen molar-refractivity contribution in [3.8, 4) is 23.0 Å². The number of aliphatic hydroxyl groups excluding tert-OH is 1. The highest BCUT2D eigenvalue weighted by Crippen LogP contribution is 2.25. The van der Waals surface area contributed by atoms with Gasteiger partial charge in [0, 0.05) is 43.5 Å². The number of aromatic nitrogens is 4.